The zero-order valence-electron chi connectivity index (χ0n) is 8.65. The van der Waals surface area contributed by atoms with Gasteiger partial charge in [0.15, 0.2) is 0 Å². The molecule has 0 amide bonds. The normalized spacial score (nSPS) is 11.6. The minimum atomic E-state index is 0.635. The molecular formula is C11H18N2S. The number of hydrogen-bond acceptors (Lipinski definition) is 3. The van der Waals surface area contributed by atoms with Crippen LogP contribution in [-0.4, -0.2) is 24.5 Å². The van der Waals surface area contributed by atoms with Crippen LogP contribution in [0.1, 0.15) is 11.8 Å². The SMILES string of the molecule is CCN(CC=CCN)Cc1cccs1. The Hall–Kier alpha value is -0.640. The lowest BCUT2D eigenvalue weighted by Crippen LogP contribution is -2.22. The van der Waals surface area contributed by atoms with Crippen molar-refractivity contribution in [3.8, 4) is 0 Å². The summed E-state index contributed by atoms with van der Waals surface area (Å²) >= 11 is 1.82. The van der Waals surface area contributed by atoms with Crippen molar-refractivity contribution in [2.24, 2.45) is 5.73 Å². The van der Waals surface area contributed by atoms with Gasteiger partial charge in [0.2, 0.25) is 0 Å². The van der Waals surface area contributed by atoms with Gasteiger partial charge in [0, 0.05) is 24.5 Å². The topological polar surface area (TPSA) is 29.3 Å². The average Bonchev–Trinajstić information content (AvgIpc) is 2.69. The first-order chi connectivity index (χ1) is 6.86. The summed E-state index contributed by atoms with van der Waals surface area (Å²) in [6, 6.07) is 4.28. The quantitative estimate of drug-likeness (QED) is 0.728. The largest absolute Gasteiger partial charge is 0.327 e. The van der Waals surface area contributed by atoms with Gasteiger partial charge in [-0.15, -0.1) is 11.3 Å². The van der Waals surface area contributed by atoms with Gasteiger partial charge in [0.25, 0.3) is 0 Å². The van der Waals surface area contributed by atoms with Gasteiger partial charge in [-0.05, 0) is 18.0 Å². The van der Waals surface area contributed by atoms with Crippen LogP contribution in [0.4, 0.5) is 0 Å². The van der Waals surface area contributed by atoms with Crippen LogP contribution >= 0.6 is 11.3 Å². The fourth-order valence-corrected chi connectivity index (χ4v) is 1.99. The molecule has 0 saturated carbocycles. The third-order valence-corrected chi connectivity index (χ3v) is 2.93. The monoisotopic (exact) mass is 210 g/mol. The summed E-state index contributed by atoms with van der Waals surface area (Å²) in [4.78, 5) is 3.81. The molecule has 1 aromatic rings. The van der Waals surface area contributed by atoms with Gasteiger partial charge in [0.1, 0.15) is 0 Å². The molecule has 0 aromatic carbocycles. The Balaban J connectivity index is 2.35. The molecular weight excluding hydrogens is 192 g/mol. The molecule has 0 atom stereocenters. The van der Waals surface area contributed by atoms with Crippen molar-refractivity contribution in [2.45, 2.75) is 13.5 Å². The standard InChI is InChI=1S/C11H18N2S/c1-2-13(8-4-3-7-12)10-11-6-5-9-14-11/h3-6,9H,2,7-8,10,12H2,1H3. The molecule has 2 N–H and O–H groups in total. The van der Waals surface area contributed by atoms with E-state index < -0.39 is 0 Å². The van der Waals surface area contributed by atoms with E-state index in [0.29, 0.717) is 6.54 Å². The molecule has 1 heterocycles. The maximum atomic E-state index is 5.39. The smallest absolute Gasteiger partial charge is 0.0331 e. The molecule has 1 aromatic heterocycles. The van der Waals surface area contributed by atoms with E-state index in [1.54, 1.807) is 0 Å². The Kier molecular flexibility index (Phi) is 5.52. The van der Waals surface area contributed by atoms with Gasteiger partial charge in [-0.1, -0.05) is 25.1 Å². The molecule has 2 nitrogen and oxygen atoms in total. The summed E-state index contributed by atoms with van der Waals surface area (Å²) < 4.78 is 0. The van der Waals surface area contributed by atoms with Crippen LogP contribution in [0.2, 0.25) is 0 Å². The van der Waals surface area contributed by atoms with E-state index in [1.165, 1.54) is 4.88 Å². The number of hydrogen-bond donors (Lipinski definition) is 1. The second-order valence-electron chi connectivity index (χ2n) is 3.11. The van der Waals surface area contributed by atoms with E-state index in [0.717, 1.165) is 19.6 Å². The van der Waals surface area contributed by atoms with Gasteiger partial charge >= 0.3 is 0 Å². The van der Waals surface area contributed by atoms with Crippen LogP contribution in [0.25, 0.3) is 0 Å². The molecule has 1 rings (SSSR count). The number of thiophene rings is 1. The first kappa shape index (κ1) is 11.4. The van der Waals surface area contributed by atoms with Crippen molar-refractivity contribution in [2.75, 3.05) is 19.6 Å². The third kappa shape index (κ3) is 4.05. The molecule has 0 aliphatic rings. The highest BCUT2D eigenvalue weighted by molar-refractivity contribution is 7.09. The molecule has 0 unspecified atom stereocenters. The Morgan fingerprint density at radius 3 is 2.93 bits per heavy atom. The molecule has 0 saturated heterocycles. The van der Waals surface area contributed by atoms with E-state index in [2.05, 4.69) is 35.4 Å². The number of likely N-dealkylation sites (N-methyl/N-ethyl adjacent to an activating group) is 1. The maximum absolute atomic E-state index is 5.39. The van der Waals surface area contributed by atoms with Crippen LogP contribution in [0, 0.1) is 0 Å². The van der Waals surface area contributed by atoms with E-state index in [1.807, 2.05) is 17.4 Å². The first-order valence-corrected chi connectivity index (χ1v) is 5.84. The minimum absolute atomic E-state index is 0.635. The Labute approximate surface area is 90.0 Å². The van der Waals surface area contributed by atoms with E-state index >= 15 is 0 Å². The molecule has 14 heavy (non-hydrogen) atoms. The van der Waals surface area contributed by atoms with Crippen LogP contribution < -0.4 is 5.73 Å². The van der Waals surface area contributed by atoms with Crippen molar-refractivity contribution in [3.63, 3.8) is 0 Å². The van der Waals surface area contributed by atoms with Crippen LogP contribution in [-0.2, 0) is 6.54 Å². The molecule has 0 fully saturated rings. The summed E-state index contributed by atoms with van der Waals surface area (Å²) in [7, 11) is 0. The predicted molar refractivity (Wildman–Crippen MR) is 63.5 cm³/mol. The Morgan fingerprint density at radius 1 is 1.50 bits per heavy atom. The first-order valence-electron chi connectivity index (χ1n) is 4.96. The lowest BCUT2D eigenvalue weighted by Gasteiger charge is -2.17. The van der Waals surface area contributed by atoms with Gasteiger partial charge in [-0.2, -0.15) is 0 Å². The molecule has 0 aliphatic heterocycles. The zero-order valence-corrected chi connectivity index (χ0v) is 9.46. The highest BCUT2D eigenvalue weighted by Gasteiger charge is 2.01. The highest BCUT2D eigenvalue weighted by Crippen LogP contribution is 2.11. The number of nitrogens with two attached hydrogens (primary N) is 1. The zero-order chi connectivity index (χ0) is 10.2. The lowest BCUT2D eigenvalue weighted by atomic mass is 10.4. The summed E-state index contributed by atoms with van der Waals surface area (Å²) in [5.41, 5.74) is 5.39. The molecule has 78 valence electrons. The number of nitrogens with zero attached hydrogens (tertiary/aromatic N) is 1. The van der Waals surface area contributed by atoms with E-state index in [-0.39, 0.29) is 0 Å². The van der Waals surface area contributed by atoms with Crippen molar-refractivity contribution >= 4 is 11.3 Å². The molecule has 0 spiro atoms. The van der Waals surface area contributed by atoms with Crippen molar-refractivity contribution in [1.29, 1.82) is 0 Å². The summed E-state index contributed by atoms with van der Waals surface area (Å²) in [5, 5.41) is 2.12. The third-order valence-electron chi connectivity index (χ3n) is 2.07. The van der Waals surface area contributed by atoms with E-state index in [9.17, 15) is 0 Å². The average molecular weight is 210 g/mol. The van der Waals surface area contributed by atoms with Gasteiger partial charge in [-0.3, -0.25) is 4.90 Å². The number of rotatable bonds is 6. The maximum Gasteiger partial charge on any atom is 0.0331 e. The fraction of sp³-hybridized carbons (Fsp3) is 0.455. The van der Waals surface area contributed by atoms with Crippen LogP contribution in [0.15, 0.2) is 29.7 Å². The van der Waals surface area contributed by atoms with Crippen molar-refractivity contribution < 1.29 is 0 Å². The van der Waals surface area contributed by atoms with Gasteiger partial charge < -0.3 is 5.73 Å². The molecule has 0 bridgehead atoms. The highest BCUT2D eigenvalue weighted by atomic mass is 32.1. The molecule has 0 radical (unpaired) electrons. The second kappa shape index (κ2) is 6.76. The lowest BCUT2D eigenvalue weighted by molar-refractivity contribution is 0.314. The van der Waals surface area contributed by atoms with Gasteiger partial charge in [0.05, 0.1) is 0 Å². The van der Waals surface area contributed by atoms with E-state index in [4.69, 9.17) is 5.73 Å². The summed E-state index contributed by atoms with van der Waals surface area (Å²) in [5.74, 6) is 0. The Bertz CT molecular complexity index is 254. The van der Waals surface area contributed by atoms with Crippen molar-refractivity contribution in [1.82, 2.24) is 4.90 Å². The summed E-state index contributed by atoms with van der Waals surface area (Å²) in [6.45, 7) is 5.93. The Morgan fingerprint density at radius 2 is 2.36 bits per heavy atom. The second-order valence-corrected chi connectivity index (χ2v) is 4.15. The molecule has 0 aliphatic carbocycles. The minimum Gasteiger partial charge on any atom is -0.327 e. The molecule has 3 heteroatoms. The predicted octanol–water partition coefficient (Wildman–Crippen LogP) is 2.08. The van der Waals surface area contributed by atoms with Gasteiger partial charge in [-0.25, -0.2) is 0 Å². The van der Waals surface area contributed by atoms with Crippen LogP contribution in [0.5, 0.6) is 0 Å². The van der Waals surface area contributed by atoms with Crippen LogP contribution in [0.3, 0.4) is 0 Å². The summed E-state index contributed by atoms with van der Waals surface area (Å²) in [6.07, 6.45) is 4.15. The fourth-order valence-electron chi connectivity index (χ4n) is 1.25. The van der Waals surface area contributed by atoms with Crippen molar-refractivity contribution in [3.05, 3.63) is 34.5 Å².